The highest BCUT2D eigenvalue weighted by atomic mass is 16.7. The molecule has 9 atom stereocenters. The van der Waals surface area contributed by atoms with Gasteiger partial charge in [-0.3, -0.25) is 9.59 Å². The fourth-order valence-electron chi connectivity index (χ4n) is 10.7. The van der Waals surface area contributed by atoms with Crippen molar-refractivity contribution in [3.05, 3.63) is 53.6 Å². The number of aliphatic hydroxyl groups is 2. The van der Waals surface area contributed by atoms with Crippen molar-refractivity contribution in [2.75, 3.05) is 6.61 Å². The lowest BCUT2D eigenvalue weighted by Gasteiger charge is -2.67. The molecule has 6 saturated carbocycles. The van der Waals surface area contributed by atoms with Gasteiger partial charge in [0.25, 0.3) is 0 Å². The summed E-state index contributed by atoms with van der Waals surface area (Å²) in [5.74, 6) is 0.529. The number of hydrogen-bond acceptors (Lipinski definition) is 8. The smallest absolute Gasteiger partial charge is 0.193 e. The molecule has 7 aliphatic carbocycles. The van der Waals surface area contributed by atoms with Gasteiger partial charge in [0.15, 0.2) is 23.5 Å². The molecule has 8 aliphatic rings. The molecule has 9 rings (SSSR count). The van der Waals surface area contributed by atoms with E-state index in [1.807, 2.05) is 30.3 Å². The van der Waals surface area contributed by atoms with E-state index in [9.17, 15) is 19.8 Å². The van der Waals surface area contributed by atoms with Gasteiger partial charge in [0.05, 0.1) is 12.2 Å². The maximum Gasteiger partial charge on any atom is 0.193 e. The minimum Gasteiger partial charge on any atom is -0.487 e. The van der Waals surface area contributed by atoms with Gasteiger partial charge in [-0.2, -0.15) is 0 Å². The van der Waals surface area contributed by atoms with Crippen LogP contribution in [0.1, 0.15) is 70.6 Å². The second-order valence-corrected chi connectivity index (χ2v) is 14.6. The molecule has 1 aromatic rings. The molecular weight excluding hydrogens is 522 g/mol. The van der Waals surface area contributed by atoms with Crippen LogP contribution in [0, 0.1) is 28.6 Å². The lowest BCUT2D eigenvalue weighted by atomic mass is 9.46. The summed E-state index contributed by atoms with van der Waals surface area (Å²) in [6.07, 6.45) is 8.64. The fraction of sp³-hybridized carbons (Fsp3) is 0.636. The number of ether oxygens (including phenoxy) is 3. The number of hydrogen-bond donors (Lipinski definition) is 3. The van der Waals surface area contributed by atoms with Crippen molar-refractivity contribution >= 4 is 11.6 Å². The zero-order valence-electron chi connectivity index (χ0n) is 23.7. The second kappa shape index (κ2) is 8.17. The maximum atomic E-state index is 13.7. The third-order valence-electron chi connectivity index (χ3n) is 12.3. The number of aliphatic hydroxyl groups excluding tert-OH is 2. The van der Waals surface area contributed by atoms with E-state index in [-0.39, 0.29) is 40.5 Å². The summed E-state index contributed by atoms with van der Waals surface area (Å²) in [7, 11) is 0. The van der Waals surface area contributed by atoms with Crippen LogP contribution < -0.4 is 10.5 Å². The molecule has 41 heavy (non-hydrogen) atoms. The summed E-state index contributed by atoms with van der Waals surface area (Å²) < 4.78 is 19.5. The molecule has 1 aliphatic heterocycles. The summed E-state index contributed by atoms with van der Waals surface area (Å²) in [5.41, 5.74) is 5.43. The van der Waals surface area contributed by atoms with E-state index >= 15 is 0 Å². The lowest BCUT2D eigenvalue weighted by Crippen LogP contribution is -2.78. The van der Waals surface area contributed by atoms with E-state index in [1.54, 1.807) is 12.2 Å². The summed E-state index contributed by atoms with van der Waals surface area (Å²) in [4.78, 5) is 25.8. The van der Waals surface area contributed by atoms with Crippen LogP contribution in [0.5, 0.6) is 5.75 Å². The molecule has 7 fully saturated rings. The van der Waals surface area contributed by atoms with Crippen molar-refractivity contribution in [3.8, 4) is 5.75 Å². The van der Waals surface area contributed by atoms with Gasteiger partial charge < -0.3 is 30.2 Å². The van der Waals surface area contributed by atoms with Gasteiger partial charge in [-0.1, -0.05) is 37.6 Å². The Hall–Kier alpha value is -2.36. The molecule has 8 heteroatoms. The normalized spacial score (nSPS) is 50.5. The Morgan fingerprint density at radius 1 is 1.17 bits per heavy atom. The van der Waals surface area contributed by atoms with Gasteiger partial charge in [-0.05, 0) is 61.8 Å². The monoisotopic (exact) mass is 561 g/mol. The summed E-state index contributed by atoms with van der Waals surface area (Å²) >= 11 is 0. The first kappa shape index (κ1) is 26.3. The van der Waals surface area contributed by atoms with E-state index in [4.69, 9.17) is 19.9 Å². The van der Waals surface area contributed by atoms with Crippen LogP contribution in [0.15, 0.2) is 48.1 Å². The van der Waals surface area contributed by atoms with E-state index in [0.29, 0.717) is 12.8 Å². The molecule has 1 aromatic carbocycles. The Morgan fingerprint density at radius 3 is 2.59 bits per heavy atom. The second-order valence-electron chi connectivity index (χ2n) is 14.6. The minimum absolute atomic E-state index is 0.00439. The summed E-state index contributed by atoms with van der Waals surface area (Å²) in [6, 6.07) is 7.66. The number of nitrogens with two attached hydrogens (primary N) is 1. The third-order valence-corrected chi connectivity index (χ3v) is 12.3. The molecule has 0 radical (unpaired) electrons. The van der Waals surface area contributed by atoms with Crippen LogP contribution in [0.3, 0.4) is 0 Å². The predicted molar refractivity (Wildman–Crippen MR) is 147 cm³/mol. The van der Waals surface area contributed by atoms with Gasteiger partial charge >= 0.3 is 0 Å². The average Bonchev–Trinajstić information content (AvgIpc) is 3.40. The highest BCUT2D eigenvalue weighted by Gasteiger charge is 2.76. The van der Waals surface area contributed by atoms with Crippen LogP contribution in [0.2, 0.25) is 0 Å². The first-order valence-corrected chi connectivity index (χ1v) is 15.1. The number of carbonyl (C=O) groups is 2. The van der Waals surface area contributed by atoms with E-state index < -0.39 is 41.5 Å². The highest BCUT2D eigenvalue weighted by Crippen LogP contribution is 2.70. The van der Waals surface area contributed by atoms with E-state index in [2.05, 4.69) is 13.8 Å². The van der Waals surface area contributed by atoms with Gasteiger partial charge in [-0.25, -0.2) is 0 Å². The fourth-order valence-corrected chi connectivity index (χ4v) is 10.7. The quantitative estimate of drug-likeness (QED) is 0.500. The van der Waals surface area contributed by atoms with Crippen molar-refractivity contribution in [2.24, 2.45) is 34.3 Å². The molecule has 2 bridgehead atoms. The first-order chi connectivity index (χ1) is 19.4. The maximum absolute atomic E-state index is 13.7. The van der Waals surface area contributed by atoms with Crippen molar-refractivity contribution in [1.29, 1.82) is 0 Å². The van der Waals surface area contributed by atoms with Crippen LogP contribution in [0.4, 0.5) is 0 Å². The molecule has 0 amide bonds. The molecule has 4 N–H and O–H groups in total. The number of ketones is 2. The Bertz CT molecular complexity index is 1380. The molecule has 1 saturated heterocycles. The van der Waals surface area contributed by atoms with Gasteiger partial charge in [0.2, 0.25) is 0 Å². The summed E-state index contributed by atoms with van der Waals surface area (Å²) in [5, 5.41) is 22.0. The topological polar surface area (TPSA) is 128 Å². The molecular formula is C33H39NO7. The van der Waals surface area contributed by atoms with Crippen LogP contribution >= 0.6 is 0 Å². The number of Topliss-reactive ketones (excluding diaryl/α,β-unsaturated/α-hetero) is 1. The number of carbonyl (C=O) groups excluding carboxylic acids is 2. The average molecular weight is 562 g/mol. The van der Waals surface area contributed by atoms with Gasteiger partial charge in [-0.15, -0.1) is 0 Å². The number of benzene rings is 1. The molecule has 0 unspecified atom stereocenters. The Balaban J connectivity index is 1.08. The molecule has 0 spiro atoms. The molecule has 218 valence electrons. The highest BCUT2D eigenvalue weighted by molar-refractivity contribution is 6.01. The predicted octanol–water partition coefficient (Wildman–Crippen LogP) is 3.30. The van der Waals surface area contributed by atoms with Crippen LogP contribution in [0.25, 0.3) is 0 Å². The zero-order valence-corrected chi connectivity index (χ0v) is 23.7. The van der Waals surface area contributed by atoms with Crippen LogP contribution in [-0.4, -0.2) is 57.3 Å². The SMILES string of the molecule is C[C@]12C=CC(=O)C=C1CC[C@@H]1[C@@H]2[C@@H](O)C[C@@]2(C)[C@H]1C[C@H]1O[C@@H](c3ccc(OC45CC(N)(C4)C5)cc3)O[C@]12C(=O)CO. The van der Waals surface area contributed by atoms with Crippen molar-refractivity contribution < 1.29 is 34.0 Å². The van der Waals surface area contributed by atoms with Gasteiger partial charge in [0.1, 0.15) is 18.0 Å². The Labute approximate surface area is 239 Å². The van der Waals surface area contributed by atoms with Gasteiger partial charge in [0, 0.05) is 47.1 Å². The molecule has 8 nitrogen and oxygen atoms in total. The molecule has 0 aromatic heterocycles. The summed E-state index contributed by atoms with van der Waals surface area (Å²) in [6.45, 7) is 3.54. The van der Waals surface area contributed by atoms with E-state index in [1.165, 1.54) is 0 Å². The Kier molecular flexibility index (Phi) is 5.24. The number of fused-ring (bicyclic) bond motifs is 7. The number of allylic oxidation sites excluding steroid dienone is 4. The Morgan fingerprint density at radius 2 is 1.90 bits per heavy atom. The van der Waals surface area contributed by atoms with Crippen molar-refractivity contribution in [2.45, 2.75) is 94.0 Å². The molecule has 1 heterocycles. The lowest BCUT2D eigenvalue weighted by molar-refractivity contribution is -0.201. The standard InChI is InChI=1S/C33H39NO7/c1-29-10-9-20(36)11-19(29)5-8-22-23-12-26-33(25(38)14-35,30(23,2)13-24(37)27(22)29)41-28(39-26)18-3-6-21(7-4-18)40-32-15-31(34,16-32)17-32/h3-4,6-7,9-11,22-24,26-28,35,37H,5,8,12-17,34H2,1-2H3/t22-,23-,24-,26+,27+,28+,29-,30-,31?,32?,33+/m0/s1. The van der Waals surface area contributed by atoms with Crippen molar-refractivity contribution in [1.82, 2.24) is 0 Å². The third kappa shape index (κ3) is 3.29. The number of rotatable bonds is 5. The van der Waals surface area contributed by atoms with Crippen molar-refractivity contribution in [3.63, 3.8) is 0 Å². The zero-order chi connectivity index (χ0) is 28.6. The minimum atomic E-state index is -1.35. The largest absolute Gasteiger partial charge is 0.487 e. The van der Waals surface area contributed by atoms with Crippen LogP contribution in [-0.2, 0) is 19.1 Å². The first-order valence-electron chi connectivity index (χ1n) is 15.1. The van der Waals surface area contributed by atoms with E-state index in [0.717, 1.165) is 49.0 Å².